The highest BCUT2D eigenvalue weighted by atomic mass is 16.1. The zero-order valence-electron chi connectivity index (χ0n) is 18.0. The van der Waals surface area contributed by atoms with Gasteiger partial charge in [0, 0.05) is 5.39 Å². The Bertz CT molecular complexity index is 1080. The number of carbonyl (C=O) groups excluding carboxylic acids is 1. The lowest BCUT2D eigenvalue weighted by Crippen LogP contribution is -2.34. The molecule has 1 atom stereocenters. The third kappa shape index (κ3) is 3.66. The highest BCUT2D eigenvalue weighted by Gasteiger charge is 2.37. The van der Waals surface area contributed by atoms with E-state index in [9.17, 15) is 4.79 Å². The maximum Gasteiger partial charge on any atom is 0.231 e. The fraction of sp³-hybridized carbons (Fsp3) is 0.385. The summed E-state index contributed by atoms with van der Waals surface area (Å²) in [5.41, 5.74) is 5.87. The SMILES string of the molecule is CC(C(=O)Nc1cnc2ccccc2c1)c1ccc2c(c1)C(C)(C)CCC2(C)C. The average Bonchev–Trinajstić information content (AvgIpc) is 2.70. The van der Waals surface area contributed by atoms with Crippen LogP contribution in [0.3, 0.4) is 0 Å². The van der Waals surface area contributed by atoms with Crippen LogP contribution in [0.4, 0.5) is 5.69 Å². The van der Waals surface area contributed by atoms with E-state index >= 15 is 0 Å². The van der Waals surface area contributed by atoms with Gasteiger partial charge in [0.1, 0.15) is 0 Å². The Morgan fingerprint density at radius 1 is 0.966 bits per heavy atom. The van der Waals surface area contributed by atoms with Crippen LogP contribution >= 0.6 is 0 Å². The van der Waals surface area contributed by atoms with Crippen LogP contribution in [0.15, 0.2) is 54.7 Å². The molecule has 0 saturated carbocycles. The Morgan fingerprint density at radius 2 is 1.66 bits per heavy atom. The van der Waals surface area contributed by atoms with Gasteiger partial charge in [-0.05, 0) is 59.4 Å². The number of aromatic nitrogens is 1. The zero-order chi connectivity index (χ0) is 20.8. The van der Waals surface area contributed by atoms with Crippen LogP contribution in [0, 0.1) is 0 Å². The molecule has 1 aliphatic carbocycles. The molecule has 0 fully saturated rings. The van der Waals surface area contributed by atoms with Crippen molar-refractivity contribution in [1.82, 2.24) is 4.98 Å². The molecule has 1 heterocycles. The van der Waals surface area contributed by atoms with E-state index in [1.54, 1.807) is 6.20 Å². The van der Waals surface area contributed by atoms with Crippen LogP contribution in [0.5, 0.6) is 0 Å². The van der Waals surface area contributed by atoms with Crippen molar-refractivity contribution in [3.63, 3.8) is 0 Å². The van der Waals surface area contributed by atoms with Crippen LogP contribution in [-0.4, -0.2) is 10.9 Å². The van der Waals surface area contributed by atoms with Gasteiger partial charge in [-0.2, -0.15) is 0 Å². The molecule has 3 heteroatoms. The van der Waals surface area contributed by atoms with Gasteiger partial charge in [-0.15, -0.1) is 0 Å². The lowest BCUT2D eigenvalue weighted by Gasteiger charge is -2.42. The van der Waals surface area contributed by atoms with Crippen LogP contribution in [-0.2, 0) is 15.6 Å². The number of para-hydroxylation sites is 1. The number of amides is 1. The number of hydrogen-bond acceptors (Lipinski definition) is 2. The second kappa shape index (κ2) is 6.98. The molecule has 2 aromatic carbocycles. The fourth-order valence-corrected chi connectivity index (χ4v) is 4.42. The number of rotatable bonds is 3. The molecule has 1 aromatic heterocycles. The van der Waals surface area contributed by atoms with E-state index in [1.807, 2.05) is 37.3 Å². The largest absolute Gasteiger partial charge is 0.324 e. The molecule has 150 valence electrons. The molecule has 1 aliphatic rings. The number of carbonyl (C=O) groups is 1. The molecule has 29 heavy (non-hydrogen) atoms. The Balaban J connectivity index is 1.60. The van der Waals surface area contributed by atoms with Crippen LogP contribution in [0.2, 0.25) is 0 Å². The molecular weight excluding hydrogens is 356 g/mol. The van der Waals surface area contributed by atoms with Crippen molar-refractivity contribution in [2.45, 2.75) is 64.2 Å². The molecule has 1 N–H and O–H groups in total. The van der Waals surface area contributed by atoms with E-state index in [2.05, 4.69) is 56.2 Å². The summed E-state index contributed by atoms with van der Waals surface area (Å²) < 4.78 is 0. The fourth-order valence-electron chi connectivity index (χ4n) is 4.42. The molecular formula is C26H30N2O. The van der Waals surface area contributed by atoms with E-state index in [1.165, 1.54) is 24.0 Å². The van der Waals surface area contributed by atoms with Gasteiger partial charge in [-0.1, -0.05) is 64.1 Å². The minimum absolute atomic E-state index is 0.00472. The first-order valence-corrected chi connectivity index (χ1v) is 10.5. The van der Waals surface area contributed by atoms with E-state index in [0.717, 1.165) is 22.2 Å². The van der Waals surface area contributed by atoms with Crippen molar-refractivity contribution in [1.29, 1.82) is 0 Å². The topological polar surface area (TPSA) is 42.0 Å². The lowest BCUT2D eigenvalue weighted by atomic mass is 9.62. The van der Waals surface area contributed by atoms with E-state index in [-0.39, 0.29) is 22.7 Å². The van der Waals surface area contributed by atoms with E-state index in [4.69, 9.17) is 0 Å². The zero-order valence-corrected chi connectivity index (χ0v) is 18.0. The summed E-state index contributed by atoms with van der Waals surface area (Å²) in [7, 11) is 0. The van der Waals surface area contributed by atoms with Crippen molar-refractivity contribution in [2.75, 3.05) is 5.32 Å². The maximum atomic E-state index is 13.0. The number of anilines is 1. The van der Waals surface area contributed by atoms with Crippen molar-refractivity contribution in [3.05, 3.63) is 71.4 Å². The van der Waals surface area contributed by atoms with Crippen LogP contribution < -0.4 is 5.32 Å². The molecule has 0 bridgehead atoms. The minimum atomic E-state index is -0.229. The smallest absolute Gasteiger partial charge is 0.231 e. The quantitative estimate of drug-likeness (QED) is 0.572. The van der Waals surface area contributed by atoms with Crippen molar-refractivity contribution in [3.8, 4) is 0 Å². The molecule has 3 aromatic rings. The number of benzene rings is 2. The normalized spacial score (nSPS) is 18.1. The highest BCUT2D eigenvalue weighted by Crippen LogP contribution is 2.46. The second-order valence-corrected chi connectivity index (χ2v) is 9.70. The second-order valence-electron chi connectivity index (χ2n) is 9.70. The molecule has 0 spiro atoms. The highest BCUT2D eigenvalue weighted by molar-refractivity contribution is 5.97. The molecule has 1 amide bonds. The van der Waals surface area contributed by atoms with Gasteiger partial charge < -0.3 is 5.32 Å². The summed E-state index contributed by atoms with van der Waals surface area (Å²) in [4.78, 5) is 17.4. The first-order valence-electron chi connectivity index (χ1n) is 10.5. The Kier molecular flexibility index (Phi) is 4.72. The number of nitrogens with one attached hydrogen (secondary N) is 1. The Labute approximate surface area is 173 Å². The number of fused-ring (bicyclic) bond motifs is 2. The summed E-state index contributed by atoms with van der Waals surface area (Å²) in [6, 6.07) is 16.5. The van der Waals surface area contributed by atoms with Gasteiger partial charge in [0.2, 0.25) is 5.91 Å². The minimum Gasteiger partial charge on any atom is -0.324 e. The number of nitrogens with zero attached hydrogens (tertiary/aromatic N) is 1. The number of pyridine rings is 1. The van der Waals surface area contributed by atoms with Crippen molar-refractivity contribution in [2.24, 2.45) is 0 Å². The van der Waals surface area contributed by atoms with Gasteiger partial charge >= 0.3 is 0 Å². The van der Waals surface area contributed by atoms with Crippen molar-refractivity contribution >= 4 is 22.5 Å². The third-order valence-corrected chi connectivity index (χ3v) is 6.63. The Hall–Kier alpha value is -2.68. The van der Waals surface area contributed by atoms with Gasteiger partial charge in [0.05, 0.1) is 23.3 Å². The first-order chi connectivity index (χ1) is 13.7. The first kappa shape index (κ1) is 19.6. The monoisotopic (exact) mass is 386 g/mol. The standard InChI is InChI=1S/C26H30N2O/c1-17(24(29)28-20-14-19-8-6-7-9-23(19)27-16-20)18-10-11-21-22(15-18)26(4,5)13-12-25(21,2)3/h6-11,14-17H,12-13H2,1-5H3,(H,28,29). The predicted molar refractivity (Wildman–Crippen MR) is 121 cm³/mol. The van der Waals surface area contributed by atoms with Crippen LogP contribution in [0.25, 0.3) is 10.9 Å². The van der Waals surface area contributed by atoms with Crippen molar-refractivity contribution < 1.29 is 4.79 Å². The summed E-state index contributed by atoms with van der Waals surface area (Å²) in [6.07, 6.45) is 4.09. The molecule has 1 unspecified atom stereocenters. The summed E-state index contributed by atoms with van der Waals surface area (Å²) in [5.74, 6) is -0.234. The molecule has 0 saturated heterocycles. The van der Waals surface area contributed by atoms with E-state index < -0.39 is 0 Å². The maximum absolute atomic E-state index is 13.0. The lowest BCUT2D eigenvalue weighted by molar-refractivity contribution is -0.117. The molecule has 4 rings (SSSR count). The summed E-state index contributed by atoms with van der Waals surface area (Å²) >= 11 is 0. The van der Waals surface area contributed by atoms with E-state index in [0.29, 0.717) is 0 Å². The van der Waals surface area contributed by atoms with Gasteiger partial charge in [0.25, 0.3) is 0 Å². The van der Waals surface area contributed by atoms with Gasteiger partial charge in [0.15, 0.2) is 0 Å². The number of hydrogen-bond donors (Lipinski definition) is 1. The summed E-state index contributed by atoms with van der Waals surface area (Å²) in [5, 5.41) is 4.07. The van der Waals surface area contributed by atoms with Crippen LogP contribution in [0.1, 0.15) is 70.1 Å². The average molecular weight is 387 g/mol. The third-order valence-electron chi connectivity index (χ3n) is 6.63. The molecule has 0 radical (unpaired) electrons. The van der Waals surface area contributed by atoms with Gasteiger partial charge in [-0.25, -0.2) is 0 Å². The Morgan fingerprint density at radius 3 is 2.41 bits per heavy atom. The molecule has 0 aliphatic heterocycles. The van der Waals surface area contributed by atoms with Gasteiger partial charge in [-0.3, -0.25) is 9.78 Å². The summed E-state index contributed by atoms with van der Waals surface area (Å²) in [6.45, 7) is 11.3. The predicted octanol–water partition coefficient (Wildman–Crippen LogP) is 6.33. The molecule has 3 nitrogen and oxygen atoms in total.